The highest BCUT2D eigenvalue weighted by molar-refractivity contribution is 5.69. The minimum Gasteiger partial charge on any atom is -0.468 e. The summed E-state index contributed by atoms with van der Waals surface area (Å²) in [5, 5.41) is 0. The predicted molar refractivity (Wildman–Crippen MR) is 107 cm³/mol. The van der Waals surface area contributed by atoms with E-state index in [0.29, 0.717) is 17.7 Å². The van der Waals surface area contributed by atoms with Gasteiger partial charge in [-0.15, -0.1) is 0 Å². The van der Waals surface area contributed by atoms with Crippen LogP contribution < -0.4 is 4.74 Å². The van der Waals surface area contributed by atoms with Crippen molar-refractivity contribution in [3.05, 3.63) is 53.0 Å². The molecule has 2 aliphatic carbocycles. The number of rotatable bonds is 3. The summed E-state index contributed by atoms with van der Waals surface area (Å²) in [5.41, 5.74) is 4.36. The lowest BCUT2D eigenvalue weighted by molar-refractivity contribution is -0.131. The monoisotopic (exact) mass is 379 g/mol. The Labute approximate surface area is 166 Å². The normalized spacial score (nSPS) is 29.1. The van der Waals surface area contributed by atoms with E-state index < -0.39 is 0 Å². The molecule has 0 unspecified atom stereocenters. The summed E-state index contributed by atoms with van der Waals surface area (Å²) in [6.45, 7) is 5.59. The van der Waals surface area contributed by atoms with Gasteiger partial charge in [-0.3, -0.25) is 9.69 Å². The molecule has 2 heterocycles. The van der Waals surface area contributed by atoms with E-state index >= 15 is 0 Å². The van der Waals surface area contributed by atoms with E-state index in [1.807, 2.05) is 12.3 Å². The highest BCUT2D eigenvalue weighted by atomic mass is 16.5. The SMILES string of the molecule is CC(=O)Oc1ccc2c(c1)[C@@]13CCCC[C@H]1[C@@H](C2)N(Cc1cc(C)co1)CC3. The van der Waals surface area contributed by atoms with Crippen molar-refractivity contribution >= 4 is 5.97 Å². The molecule has 2 aromatic rings. The number of esters is 1. The van der Waals surface area contributed by atoms with Gasteiger partial charge in [-0.2, -0.15) is 0 Å². The minimum absolute atomic E-state index is 0.241. The van der Waals surface area contributed by atoms with Crippen LogP contribution in [0, 0.1) is 12.8 Å². The number of fused-ring (bicyclic) bond motifs is 1. The molecule has 1 aromatic carbocycles. The number of aryl methyl sites for hydroxylation is 1. The lowest BCUT2D eigenvalue weighted by atomic mass is 9.52. The van der Waals surface area contributed by atoms with E-state index in [1.165, 1.54) is 55.7 Å². The van der Waals surface area contributed by atoms with Gasteiger partial charge in [-0.1, -0.05) is 18.9 Å². The molecule has 3 atom stereocenters. The number of piperidine rings is 1. The first-order valence-corrected chi connectivity index (χ1v) is 10.6. The van der Waals surface area contributed by atoms with Gasteiger partial charge in [0.1, 0.15) is 11.5 Å². The second kappa shape index (κ2) is 6.77. The lowest BCUT2D eigenvalue weighted by Gasteiger charge is -2.59. The highest BCUT2D eigenvalue weighted by Crippen LogP contribution is 2.56. The number of likely N-dealkylation sites (tertiary alicyclic amines) is 1. The predicted octanol–water partition coefficient (Wildman–Crippen LogP) is 4.77. The number of ether oxygens (including phenoxy) is 1. The van der Waals surface area contributed by atoms with Crippen LogP contribution in [-0.2, 0) is 23.2 Å². The zero-order valence-corrected chi connectivity index (χ0v) is 16.9. The molecule has 5 rings (SSSR count). The number of furan rings is 1. The second-order valence-corrected chi connectivity index (χ2v) is 9.00. The van der Waals surface area contributed by atoms with Crippen molar-refractivity contribution in [2.45, 2.75) is 70.4 Å². The van der Waals surface area contributed by atoms with Gasteiger partial charge in [0.2, 0.25) is 0 Å². The van der Waals surface area contributed by atoms with Crippen LogP contribution in [0.4, 0.5) is 0 Å². The van der Waals surface area contributed by atoms with Crippen LogP contribution in [0.5, 0.6) is 5.75 Å². The van der Waals surface area contributed by atoms with Gasteiger partial charge < -0.3 is 9.15 Å². The molecule has 4 heteroatoms. The summed E-state index contributed by atoms with van der Waals surface area (Å²) in [5.74, 6) is 2.23. The van der Waals surface area contributed by atoms with E-state index in [4.69, 9.17) is 9.15 Å². The van der Waals surface area contributed by atoms with Gasteiger partial charge in [0.15, 0.2) is 0 Å². The fraction of sp³-hybridized carbons (Fsp3) is 0.542. The van der Waals surface area contributed by atoms with Gasteiger partial charge in [-0.25, -0.2) is 0 Å². The Morgan fingerprint density at radius 2 is 2.18 bits per heavy atom. The molecule has 2 bridgehead atoms. The first kappa shape index (κ1) is 18.0. The molecule has 0 amide bonds. The third-order valence-corrected chi connectivity index (χ3v) is 7.33. The van der Waals surface area contributed by atoms with E-state index in [0.717, 1.165) is 25.3 Å². The average molecular weight is 380 g/mol. The van der Waals surface area contributed by atoms with Crippen LogP contribution in [0.25, 0.3) is 0 Å². The van der Waals surface area contributed by atoms with Crippen molar-refractivity contribution in [2.24, 2.45) is 5.92 Å². The van der Waals surface area contributed by atoms with Crippen molar-refractivity contribution in [2.75, 3.05) is 6.54 Å². The Bertz CT molecular complexity index is 901. The Morgan fingerprint density at radius 3 is 2.96 bits per heavy atom. The van der Waals surface area contributed by atoms with Crippen LogP contribution in [0.1, 0.15) is 61.5 Å². The summed E-state index contributed by atoms with van der Waals surface area (Å²) in [7, 11) is 0. The minimum atomic E-state index is -0.241. The smallest absolute Gasteiger partial charge is 0.308 e. The molecule has 1 saturated heterocycles. The summed E-state index contributed by atoms with van der Waals surface area (Å²) < 4.78 is 11.2. The van der Waals surface area contributed by atoms with Crippen molar-refractivity contribution in [1.29, 1.82) is 0 Å². The molecule has 0 spiro atoms. The fourth-order valence-corrected chi connectivity index (χ4v) is 6.26. The lowest BCUT2D eigenvalue weighted by Crippen LogP contribution is -2.60. The average Bonchev–Trinajstić information content (AvgIpc) is 3.09. The van der Waals surface area contributed by atoms with E-state index in [1.54, 1.807) is 0 Å². The quantitative estimate of drug-likeness (QED) is 0.569. The summed E-state index contributed by atoms with van der Waals surface area (Å²) in [4.78, 5) is 14.1. The van der Waals surface area contributed by atoms with Crippen molar-refractivity contribution in [3.63, 3.8) is 0 Å². The molecule has 3 aliphatic rings. The van der Waals surface area contributed by atoms with Gasteiger partial charge in [0, 0.05) is 18.4 Å². The Balaban J connectivity index is 1.51. The maximum Gasteiger partial charge on any atom is 0.308 e. The first-order chi connectivity index (χ1) is 13.5. The fourth-order valence-electron chi connectivity index (χ4n) is 6.26. The van der Waals surface area contributed by atoms with Crippen molar-refractivity contribution in [1.82, 2.24) is 4.90 Å². The van der Waals surface area contributed by atoms with Gasteiger partial charge in [0.05, 0.1) is 12.8 Å². The third-order valence-electron chi connectivity index (χ3n) is 7.33. The molecule has 1 saturated carbocycles. The second-order valence-electron chi connectivity index (χ2n) is 9.00. The molecule has 0 radical (unpaired) electrons. The van der Waals surface area contributed by atoms with Crippen LogP contribution in [0.2, 0.25) is 0 Å². The molecule has 1 aromatic heterocycles. The van der Waals surface area contributed by atoms with Gasteiger partial charge in [0.25, 0.3) is 0 Å². The van der Waals surface area contributed by atoms with Crippen molar-refractivity contribution < 1.29 is 13.9 Å². The number of hydrogen-bond donors (Lipinski definition) is 0. The topological polar surface area (TPSA) is 42.7 Å². The van der Waals surface area contributed by atoms with Crippen LogP contribution in [0.3, 0.4) is 0 Å². The third kappa shape index (κ3) is 2.89. The molecule has 4 nitrogen and oxygen atoms in total. The number of nitrogens with zero attached hydrogens (tertiary/aromatic N) is 1. The summed E-state index contributed by atoms with van der Waals surface area (Å²) in [6, 6.07) is 9.09. The Hall–Kier alpha value is -2.07. The molecule has 1 aliphatic heterocycles. The van der Waals surface area contributed by atoms with Crippen LogP contribution in [0.15, 0.2) is 34.9 Å². The van der Waals surface area contributed by atoms with E-state index in [-0.39, 0.29) is 11.4 Å². The van der Waals surface area contributed by atoms with Gasteiger partial charge in [-0.05, 0) is 80.0 Å². The maximum atomic E-state index is 11.5. The Kier molecular flexibility index (Phi) is 4.35. The molecule has 2 fully saturated rings. The number of benzene rings is 1. The van der Waals surface area contributed by atoms with E-state index in [9.17, 15) is 4.79 Å². The number of carbonyl (C=O) groups excluding carboxylic acids is 1. The summed E-state index contributed by atoms with van der Waals surface area (Å²) >= 11 is 0. The van der Waals surface area contributed by atoms with Crippen LogP contribution in [-0.4, -0.2) is 23.5 Å². The van der Waals surface area contributed by atoms with Gasteiger partial charge >= 0.3 is 5.97 Å². The zero-order chi connectivity index (χ0) is 19.3. The molecular weight excluding hydrogens is 350 g/mol. The number of hydrogen-bond acceptors (Lipinski definition) is 4. The molecule has 0 N–H and O–H groups in total. The molecular formula is C24H29NO3. The van der Waals surface area contributed by atoms with E-state index in [2.05, 4.69) is 30.0 Å². The maximum absolute atomic E-state index is 11.5. The molecule has 28 heavy (non-hydrogen) atoms. The van der Waals surface area contributed by atoms with Crippen molar-refractivity contribution in [3.8, 4) is 5.75 Å². The van der Waals surface area contributed by atoms with Crippen LogP contribution >= 0.6 is 0 Å². The largest absolute Gasteiger partial charge is 0.468 e. The zero-order valence-electron chi connectivity index (χ0n) is 16.9. The Morgan fingerprint density at radius 1 is 1.29 bits per heavy atom. The summed E-state index contributed by atoms with van der Waals surface area (Å²) in [6.07, 6.45) is 9.32. The first-order valence-electron chi connectivity index (χ1n) is 10.6. The standard InChI is InChI=1S/C24H29NO3/c1-16-11-20(27-15-16)14-25-10-9-24-8-4-3-5-21(24)23(25)12-18-6-7-19(13-22(18)24)28-17(2)26/h6-7,11,13,15,21,23H,3-5,8-10,12,14H2,1-2H3/t21-,23+,24+/m0/s1. The highest BCUT2D eigenvalue weighted by Gasteiger charge is 2.53. The number of carbonyl (C=O) groups is 1. The molecule has 148 valence electrons.